The third-order valence-corrected chi connectivity index (χ3v) is 3.33. The third kappa shape index (κ3) is 3.23. The van der Waals surface area contributed by atoms with Gasteiger partial charge in [-0.3, -0.25) is 0 Å². The zero-order chi connectivity index (χ0) is 13.0. The summed E-state index contributed by atoms with van der Waals surface area (Å²) in [7, 11) is 1.68. The molecule has 1 aromatic heterocycles. The van der Waals surface area contributed by atoms with Crippen molar-refractivity contribution in [3.05, 3.63) is 29.6 Å². The minimum atomic E-state index is 0.620. The monoisotopic (exact) mass is 262 g/mol. The van der Waals surface area contributed by atoms with Crippen LogP contribution in [0.25, 0.3) is 11.3 Å². The lowest BCUT2D eigenvalue weighted by Crippen LogP contribution is -2.07. The van der Waals surface area contributed by atoms with E-state index < -0.39 is 0 Å². The molecule has 0 bridgehead atoms. The van der Waals surface area contributed by atoms with Gasteiger partial charge in [0.15, 0.2) is 5.13 Å². The maximum atomic E-state index is 5.22. The van der Waals surface area contributed by atoms with Crippen molar-refractivity contribution in [2.45, 2.75) is 13.8 Å². The lowest BCUT2D eigenvalue weighted by molar-refractivity contribution is 0.415. The van der Waals surface area contributed by atoms with Crippen molar-refractivity contribution in [3.63, 3.8) is 0 Å². The van der Waals surface area contributed by atoms with Crippen LogP contribution in [0.5, 0.6) is 5.75 Å². The molecule has 2 aromatic rings. The van der Waals surface area contributed by atoms with Crippen LogP contribution in [0.2, 0.25) is 0 Å². The van der Waals surface area contributed by atoms with Crippen molar-refractivity contribution in [3.8, 4) is 17.0 Å². The fourth-order valence-electron chi connectivity index (χ4n) is 1.56. The topological polar surface area (TPSA) is 34.1 Å². The van der Waals surface area contributed by atoms with Gasteiger partial charge in [0.1, 0.15) is 5.75 Å². The number of aromatic nitrogens is 1. The van der Waals surface area contributed by atoms with Gasteiger partial charge in [-0.25, -0.2) is 4.98 Å². The Morgan fingerprint density at radius 1 is 1.39 bits per heavy atom. The first-order valence-corrected chi connectivity index (χ1v) is 6.91. The molecule has 18 heavy (non-hydrogen) atoms. The third-order valence-electron chi connectivity index (χ3n) is 2.53. The van der Waals surface area contributed by atoms with Crippen LogP contribution in [-0.2, 0) is 0 Å². The van der Waals surface area contributed by atoms with Gasteiger partial charge in [0.05, 0.1) is 12.8 Å². The molecule has 0 aliphatic rings. The Morgan fingerprint density at radius 3 is 2.94 bits per heavy atom. The van der Waals surface area contributed by atoms with Crippen LogP contribution in [-0.4, -0.2) is 18.6 Å². The normalized spacial score (nSPS) is 10.7. The molecule has 96 valence electrons. The largest absolute Gasteiger partial charge is 0.497 e. The lowest BCUT2D eigenvalue weighted by atomic mass is 10.2. The van der Waals surface area contributed by atoms with Crippen LogP contribution in [0.4, 0.5) is 5.13 Å². The Morgan fingerprint density at radius 2 is 2.22 bits per heavy atom. The highest BCUT2D eigenvalue weighted by atomic mass is 32.1. The Balaban J connectivity index is 2.13. The number of benzene rings is 1. The smallest absolute Gasteiger partial charge is 0.183 e. The van der Waals surface area contributed by atoms with Crippen LogP contribution in [0.3, 0.4) is 0 Å². The summed E-state index contributed by atoms with van der Waals surface area (Å²) in [6, 6.07) is 7.97. The molecule has 0 aliphatic carbocycles. The van der Waals surface area contributed by atoms with E-state index in [1.807, 2.05) is 24.3 Å². The molecule has 2 rings (SSSR count). The number of anilines is 1. The highest BCUT2D eigenvalue weighted by Crippen LogP contribution is 2.27. The number of methoxy groups -OCH3 is 1. The van der Waals surface area contributed by atoms with Gasteiger partial charge in [-0.15, -0.1) is 11.3 Å². The Hall–Kier alpha value is -1.55. The van der Waals surface area contributed by atoms with E-state index in [4.69, 9.17) is 4.74 Å². The standard InChI is InChI=1S/C14H18N2OS/c1-10(2)8-15-14-16-13(9-18-14)11-5-4-6-12(7-11)17-3/h4-7,9-10H,8H2,1-3H3,(H,15,16). The molecule has 0 saturated heterocycles. The number of hydrogen-bond donors (Lipinski definition) is 1. The number of rotatable bonds is 5. The lowest BCUT2D eigenvalue weighted by Gasteiger charge is -2.04. The maximum absolute atomic E-state index is 5.22. The van der Waals surface area contributed by atoms with Crippen LogP contribution in [0.15, 0.2) is 29.6 Å². The molecule has 0 saturated carbocycles. The predicted octanol–water partition coefficient (Wildman–Crippen LogP) is 3.89. The van der Waals surface area contributed by atoms with Gasteiger partial charge in [0, 0.05) is 17.5 Å². The van der Waals surface area contributed by atoms with E-state index >= 15 is 0 Å². The molecule has 0 amide bonds. The molecule has 0 atom stereocenters. The van der Waals surface area contributed by atoms with Crippen molar-refractivity contribution in [2.24, 2.45) is 5.92 Å². The minimum Gasteiger partial charge on any atom is -0.497 e. The first-order chi connectivity index (χ1) is 8.69. The number of nitrogens with one attached hydrogen (secondary N) is 1. The molecule has 0 spiro atoms. The molecule has 3 nitrogen and oxygen atoms in total. The molecule has 0 aliphatic heterocycles. The number of hydrogen-bond acceptors (Lipinski definition) is 4. The molecule has 4 heteroatoms. The highest BCUT2D eigenvalue weighted by Gasteiger charge is 2.05. The summed E-state index contributed by atoms with van der Waals surface area (Å²) in [4.78, 5) is 4.58. The zero-order valence-corrected chi connectivity index (χ0v) is 11.8. The Labute approximate surface area is 112 Å². The quantitative estimate of drug-likeness (QED) is 0.887. The fraction of sp³-hybridized carbons (Fsp3) is 0.357. The van der Waals surface area contributed by atoms with Crippen LogP contribution >= 0.6 is 11.3 Å². The van der Waals surface area contributed by atoms with E-state index in [0.717, 1.165) is 28.7 Å². The van der Waals surface area contributed by atoms with Gasteiger partial charge in [-0.1, -0.05) is 26.0 Å². The van der Waals surface area contributed by atoms with E-state index in [9.17, 15) is 0 Å². The second kappa shape index (κ2) is 5.87. The van der Waals surface area contributed by atoms with E-state index in [1.54, 1.807) is 18.4 Å². The molecule has 0 fully saturated rings. The fourth-order valence-corrected chi connectivity index (χ4v) is 2.29. The van der Waals surface area contributed by atoms with E-state index in [-0.39, 0.29) is 0 Å². The average Bonchev–Trinajstić information content (AvgIpc) is 2.85. The minimum absolute atomic E-state index is 0.620. The summed E-state index contributed by atoms with van der Waals surface area (Å²) in [5, 5.41) is 6.38. The van der Waals surface area contributed by atoms with E-state index in [1.165, 1.54) is 0 Å². The van der Waals surface area contributed by atoms with Crippen LogP contribution in [0.1, 0.15) is 13.8 Å². The average molecular weight is 262 g/mol. The molecule has 1 aromatic carbocycles. The first-order valence-electron chi connectivity index (χ1n) is 6.03. The molecular weight excluding hydrogens is 244 g/mol. The van der Waals surface area contributed by atoms with Crippen molar-refractivity contribution < 1.29 is 4.74 Å². The molecule has 1 heterocycles. The van der Waals surface area contributed by atoms with Gasteiger partial charge in [0.2, 0.25) is 0 Å². The predicted molar refractivity (Wildman–Crippen MR) is 77.4 cm³/mol. The second-order valence-corrected chi connectivity index (χ2v) is 5.40. The summed E-state index contributed by atoms with van der Waals surface area (Å²) in [6.45, 7) is 5.32. The first kappa shape index (κ1) is 12.9. The van der Waals surface area contributed by atoms with Crippen LogP contribution < -0.4 is 10.1 Å². The van der Waals surface area contributed by atoms with Crippen LogP contribution in [0, 0.1) is 5.92 Å². The number of thiazole rings is 1. The van der Waals surface area contributed by atoms with Crippen molar-refractivity contribution in [2.75, 3.05) is 19.0 Å². The summed E-state index contributed by atoms with van der Waals surface area (Å²) in [5.41, 5.74) is 2.08. The van der Waals surface area contributed by atoms with Gasteiger partial charge in [0.25, 0.3) is 0 Å². The van der Waals surface area contributed by atoms with E-state index in [0.29, 0.717) is 5.92 Å². The zero-order valence-electron chi connectivity index (χ0n) is 10.9. The summed E-state index contributed by atoms with van der Waals surface area (Å²) >= 11 is 1.64. The summed E-state index contributed by atoms with van der Waals surface area (Å²) < 4.78 is 5.22. The Bertz CT molecular complexity index is 508. The van der Waals surface area contributed by atoms with Gasteiger partial charge < -0.3 is 10.1 Å². The molecule has 0 radical (unpaired) electrons. The molecule has 1 N–H and O–H groups in total. The summed E-state index contributed by atoms with van der Waals surface area (Å²) in [5.74, 6) is 1.48. The van der Waals surface area contributed by atoms with Gasteiger partial charge in [-0.2, -0.15) is 0 Å². The maximum Gasteiger partial charge on any atom is 0.183 e. The SMILES string of the molecule is COc1cccc(-c2csc(NCC(C)C)n2)c1. The second-order valence-electron chi connectivity index (χ2n) is 4.54. The Kier molecular flexibility index (Phi) is 4.20. The number of ether oxygens (including phenoxy) is 1. The summed E-state index contributed by atoms with van der Waals surface area (Å²) in [6.07, 6.45) is 0. The highest BCUT2D eigenvalue weighted by molar-refractivity contribution is 7.14. The molecule has 0 unspecified atom stereocenters. The molecular formula is C14H18N2OS. The van der Waals surface area contributed by atoms with Gasteiger partial charge in [-0.05, 0) is 18.1 Å². The van der Waals surface area contributed by atoms with Gasteiger partial charge >= 0.3 is 0 Å². The van der Waals surface area contributed by atoms with E-state index in [2.05, 4.69) is 29.5 Å². The van der Waals surface area contributed by atoms with Crippen molar-refractivity contribution >= 4 is 16.5 Å². The van der Waals surface area contributed by atoms with Crippen molar-refractivity contribution in [1.82, 2.24) is 4.98 Å². The number of nitrogens with zero attached hydrogens (tertiary/aromatic N) is 1. The van der Waals surface area contributed by atoms with Crippen molar-refractivity contribution in [1.29, 1.82) is 0 Å².